The molecule has 5 heteroatoms. The van der Waals surface area contributed by atoms with Crippen LogP contribution in [0.5, 0.6) is 5.75 Å². The maximum absolute atomic E-state index is 12.4. The molecule has 1 aromatic carbocycles. The van der Waals surface area contributed by atoms with Crippen molar-refractivity contribution in [2.24, 2.45) is 0 Å². The van der Waals surface area contributed by atoms with Crippen LogP contribution in [-0.4, -0.2) is 43.1 Å². The highest BCUT2D eigenvalue weighted by Gasteiger charge is 2.16. The fraction of sp³-hybridized carbons (Fsp3) is 0.474. The minimum Gasteiger partial charge on any atom is -0.493 e. The average Bonchev–Trinajstić information content (AvgIpc) is 2.58. The second-order valence-electron chi connectivity index (χ2n) is 5.67. The lowest BCUT2D eigenvalue weighted by Crippen LogP contribution is -2.37. The topological polar surface area (TPSA) is 55.8 Å². The molecule has 5 nitrogen and oxygen atoms in total. The van der Waals surface area contributed by atoms with Crippen LogP contribution < -0.4 is 4.74 Å². The van der Waals surface area contributed by atoms with Gasteiger partial charge in [-0.15, -0.1) is 0 Å². The summed E-state index contributed by atoms with van der Waals surface area (Å²) in [5, 5.41) is 0. The molecule has 0 bridgehead atoms. The van der Waals surface area contributed by atoms with Crippen LogP contribution in [0.1, 0.15) is 39.2 Å². The van der Waals surface area contributed by atoms with E-state index < -0.39 is 0 Å². The van der Waals surface area contributed by atoms with E-state index in [1.165, 1.54) is 13.2 Å². The van der Waals surface area contributed by atoms with Gasteiger partial charge >= 0.3 is 5.97 Å². The van der Waals surface area contributed by atoms with E-state index in [4.69, 9.17) is 4.74 Å². The maximum Gasteiger partial charge on any atom is 0.307 e. The molecule has 1 amide bonds. The van der Waals surface area contributed by atoms with E-state index in [0.29, 0.717) is 13.2 Å². The molecule has 1 aromatic rings. The number of hydrogen-bond acceptors (Lipinski definition) is 4. The number of esters is 1. The third-order valence-corrected chi connectivity index (χ3v) is 3.48. The minimum atomic E-state index is -0.323. The summed E-state index contributed by atoms with van der Waals surface area (Å²) >= 11 is 0. The number of methoxy groups -OCH3 is 1. The van der Waals surface area contributed by atoms with Gasteiger partial charge in [0.1, 0.15) is 5.75 Å². The first-order valence-corrected chi connectivity index (χ1v) is 8.26. The lowest BCUT2D eigenvalue weighted by atomic mass is 10.1. The Kier molecular flexibility index (Phi) is 8.61. The third-order valence-electron chi connectivity index (χ3n) is 3.48. The summed E-state index contributed by atoms with van der Waals surface area (Å²) in [6, 6.07) is 7.60. The maximum atomic E-state index is 12.4. The lowest BCUT2D eigenvalue weighted by Gasteiger charge is -2.25. The van der Waals surface area contributed by atoms with Crippen LogP contribution in [0.3, 0.4) is 0 Å². The molecule has 0 aromatic heterocycles. The molecule has 0 spiro atoms. The number of amides is 1. The van der Waals surface area contributed by atoms with Crippen LogP contribution in [0.2, 0.25) is 0 Å². The molecule has 0 saturated carbocycles. The second-order valence-corrected chi connectivity index (χ2v) is 5.67. The molecule has 1 rings (SSSR count). The lowest BCUT2D eigenvalue weighted by molar-refractivity contribution is -0.141. The number of nitrogens with zero attached hydrogens (tertiary/aromatic N) is 1. The van der Waals surface area contributed by atoms with Crippen molar-refractivity contribution >= 4 is 18.0 Å². The molecule has 0 radical (unpaired) electrons. The summed E-state index contributed by atoms with van der Waals surface area (Å²) in [7, 11) is 1.34. The van der Waals surface area contributed by atoms with E-state index in [0.717, 1.165) is 17.7 Å². The van der Waals surface area contributed by atoms with Crippen molar-refractivity contribution < 1.29 is 19.1 Å². The molecule has 0 heterocycles. The van der Waals surface area contributed by atoms with Crippen molar-refractivity contribution in [2.75, 3.05) is 20.3 Å². The fourth-order valence-corrected chi connectivity index (χ4v) is 2.16. The van der Waals surface area contributed by atoms with E-state index in [2.05, 4.69) is 4.74 Å². The number of para-hydroxylation sites is 1. The van der Waals surface area contributed by atoms with Gasteiger partial charge in [0.25, 0.3) is 0 Å². The standard InChI is InChI=1S/C19H27NO4/c1-5-14-24-17-9-7-6-8-16(17)10-11-18(21)20(15(2)3)13-12-19(22)23-4/h6-11,15H,5,12-14H2,1-4H3/b11-10+. The van der Waals surface area contributed by atoms with Gasteiger partial charge in [-0.05, 0) is 32.4 Å². The first-order chi connectivity index (χ1) is 11.5. The van der Waals surface area contributed by atoms with Crippen LogP contribution in [0.25, 0.3) is 6.08 Å². The van der Waals surface area contributed by atoms with Gasteiger partial charge in [0.15, 0.2) is 0 Å². The molecule has 132 valence electrons. The highest BCUT2D eigenvalue weighted by Crippen LogP contribution is 2.20. The van der Waals surface area contributed by atoms with Crippen LogP contribution in [0, 0.1) is 0 Å². The second kappa shape index (κ2) is 10.5. The average molecular weight is 333 g/mol. The van der Waals surface area contributed by atoms with E-state index >= 15 is 0 Å². The van der Waals surface area contributed by atoms with Crippen molar-refractivity contribution in [3.63, 3.8) is 0 Å². The normalized spacial score (nSPS) is 10.9. The summed E-state index contributed by atoms with van der Waals surface area (Å²) in [6.45, 7) is 6.85. The van der Waals surface area contributed by atoms with E-state index in [1.54, 1.807) is 11.0 Å². The molecule has 0 N–H and O–H groups in total. The molecule has 0 saturated heterocycles. The van der Waals surface area contributed by atoms with Gasteiger partial charge in [-0.1, -0.05) is 25.1 Å². The molecule has 24 heavy (non-hydrogen) atoms. The van der Waals surface area contributed by atoms with Gasteiger partial charge in [-0.25, -0.2) is 0 Å². The summed E-state index contributed by atoms with van der Waals surface area (Å²) in [6.07, 6.45) is 4.38. The summed E-state index contributed by atoms with van der Waals surface area (Å²) in [4.78, 5) is 25.4. The number of rotatable bonds is 9. The molecule has 0 aliphatic rings. The van der Waals surface area contributed by atoms with E-state index in [1.807, 2.05) is 45.0 Å². The minimum absolute atomic E-state index is 0.00149. The van der Waals surface area contributed by atoms with Crippen molar-refractivity contribution in [3.05, 3.63) is 35.9 Å². The zero-order chi connectivity index (χ0) is 17.9. The fourth-order valence-electron chi connectivity index (χ4n) is 2.16. The number of carbonyl (C=O) groups is 2. The Morgan fingerprint density at radius 3 is 2.58 bits per heavy atom. The number of carbonyl (C=O) groups excluding carboxylic acids is 2. The quantitative estimate of drug-likeness (QED) is 0.514. The summed E-state index contributed by atoms with van der Waals surface area (Å²) < 4.78 is 10.3. The van der Waals surface area contributed by atoms with Gasteiger partial charge < -0.3 is 14.4 Å². The Balaban J connectivity index is 2.79. The third kappa shape index (κ3) is 6.44. The van der Waals surface area contributed by atoms with Crippen molar-refractivity contribution in [2.45, 2.75) is 39.7 Å². The summed E-state index contributed by atoms with van der Waals surface area (Å²) in [5.41, 5.74) is 0.857. The predicted molar refractivity (Wildman–Crippen MR) is 94.7 cm³/mol. The monoisotopic (exact) mass is 333 g/mol. The van der Waals surface area contributed by atoms with Gasteiger partial charge in [0.2, 0.25) is 5.91 Å². The number of ether oxygens (including phenoxy) is 2. The van der Waals surface area contributed by atoms with Gasteiger partial charge in [0, 0.05) is 24.2 Å². The van der Waals surface area contributed by atoms with Gasteiger partial charge in [0.05, 0.1) is 20.1 Å². The Hall–Kier alpha value is -2.30. The Morgan fingerprint density at radius 2 is 1.96 bits per heavy atom. The first kappa shape index (κ1) is 19.7. The smallest absolute Gasteiger partial charge is 0.307 e. The van der Waals surface area contributed by atoms with Crippen LogP contribution in [-0.2, 0) is 14.3 Å². The first-order valence-electron chi connectivity index (χ1n) is 8.26. The number of benzene rings is 1. The molecular formula is C19H27NO4. The van der Waals surface area contributed by atoms with Gasteiger partial charge in [-0.3, -0.25) is 9.59 Å². The summed E-state index contributed by atoms with van der Waals surface area (Å²) in [5.74, 6) is 0.295. The van der Waals surface area contributed by atoms with Crippen molar-refractivity contribution in [1.29, 1.82) is 0 Å². The molecule has 0 unspecified atom stereocenters. The van der Waals surface area contributed by atoms with Crippen molar-refractivity contribution in [1.82, 2.24) is 4.90 Å². The zero-order valence-electron chi connectivity index (χ0n) is 15.0. The van der Waals surface area contributed by atoms with E-state index in [-0.39, 0.29) is 24.3 Å². The van der Waals surface area contributed by atoms with Crippen molar-refractivity contribution in [3.8, 4) is 5.75 Å². The van der Waals surface area contributed by atoms with Gasteiger partial charge in [-0.2, -0.15) is 0 Å². The van der Waals surface area contributed by atoms with Crippen LogP contribution >= 0.6 is 0 Å². The zero-order valence-corrected chi connectivity index (χ0v) is 15.0. The Bertz CT molecular complexity index is 566. The highest BCUT2D eigenvalue weighted by atomic mass is 16.5. The largest absolute Gasteiger partial charge is 0.493 e. The highest BCUT2D eigenvalue weighted by molar-refractivity contribution is 5.92. The molecule has 0 aliphatic heterocycles. The van der Waals surface area contributed by atoms with Crippen LogP contribution in [0.15, 0.2) is 30.3 Å². The van der Waals surface area contributed by atoms with E-state index in [9.17, 15) is 9.59 Å². The molecule has 0 fully saturated rings. The Labute approximate surface area is 144 Å². The Morgan fingerprint density at radius 1 is 1.25 bits per heavy atom. The SMILES string of the molecule is CCCOc1ccccc1/C=C/C(=O)N(CCC(=O)OC)C(C)C. The molecule has 0 atom stereocenters. The predicted octanol–water partition coefficient (Wildman–Crippen LogP) is 3.29. The van der Waals surface area contributed by atoms with Crippen LogP contribution in [0.4, 0.5) is 0 Å². The number of hydrogen-bond donors (Lipinski definition) is 0. The molecular weight excluding hydrogens is 306 g/mol. The molecule has 0 aliphatic carbocycles.